The lowest BCUT2D eigenvalue weighted by Gasteiger charge is -2.21. The Morgan fingerprint density at radius 3 is 2.00 bits per heavy atom. The number of rotatable bonds is 9. The molecule has 0 fully saturated rings. The summed E-state index contributed by atoms with van der Waals surface area (Å²) < 4.78 is 10.4. The highest BCUT2D eigenvalue weighted by Gasteiger charge is 2.16. The summed E-state index contributed by atoms with van der Waals surface area (Å²) in [4.78, 5) is 13.5. The summed E-state index contributed by atoms with van der Waals surface area (Å²) >= 11 is 1.52. The van der Waals surface area contributed by atoms with Crippen molar-refractivity contribution < 1.29 is 14.3 Å². The van der Waals surface area contributed by atoms with Crippen LogP contribution < -0.4 is 14.8 Å². The topological polar surface area (TPSA) is 47.6 Å². The van der Waals surface area contributed by atoms with E-state index in [0.717, 1.165) is 28.4 Å². The molecule has 0 aliphatic carbocycles. The molecule has 5 heteroatoms. The molecule has 0 saturated heterocycles. The van der Waals surface area contributed by atoms with Crippen molar-refractivity contribution in [3.05, 3.63) is 54.1 Å². The predicted molar refractivity (Wildman–Crippen MR) is 107 cm³/mol. The number of thioether (sulfide) groups is 1. The molecule has 1 N–H and O–H groups in total. The molecule has 0 saturated carbocycles. The summed E-state index contributed by atoms with van der Waals surface area (Å²) in [6, 6.07) is 15.6. The number of ether oxygens (including phenoxy) is 2. The normalized spacial score (nSPS) is 11.9. The Balaban J connectivity index is 1.96. The standard InChI is InChI=1S/C21H27NO3S/c1-15(2)13-20(16-5-7-17(24-3)8-6-16)22-21(23)14-26-19-11-9-18(25-4)10-12-19/h5-12,15,20H,13-14H2,1-4H3,(H,22,23)/t20-/m0/s1. The molecule has 0 aromatic heterocycles. The first-order valence-electron chi connectivity index (χ1n) is 8.72. The van der Waals surface area contributed by atoms with Crippen molar-refractivity contribution in [3.63, 3.8) is 0 Å². The first kappa shape index (κ1) is 20.2. The first-order valence-corrected chi connectivity index (χ1v) is 9.70. The minimum absolute atomic E-state index is 0.00451. The average Bonchev–Trinajstić information content (AvgIpc) is 2.66. The van der Waals surface area contributed by atoms with Gasteiger partial charge in [0, 0.05) is 4.90 Å². The summed E-state index contributed by atoms with van der Waals surface area (Å²) in [5.74, 6) is 2.54. The summed E-state index contributed by atoms with van der Waals surface area (Å²) in [7, 11) is 3.29. The van der Waals surface area contributed by atoms with Gasteiger partial charge in [-0.2, -0.15) is 0 Å². The van der Waals surface area contributed by atoms with E-state index in [1.54, 1.807) is 14.2 Å². The lowest BCUT2D eigenvalue weighted by atomic mass is 9.97. The van der Waals surface area contributed by atoms with Gasteiger partial charge in [-0.1, -0.05) is 26.0 Å². The molecule has 26 heavy (non-hydrogen) atoms. The molecule has 0 bridgehead atoms. The Bertz CT molecular complexity index is 683. The van der Waals surface area contributed by atoms with Gasteiger partial charge in [0.25, 0.3) is 0 Å². The lowest BCUT2D eigenvalue weighted by molar-refractivity contribution is -0.119. The Labute approximate surface area is 160 Å². The van der Waals surface area contributed by atoms with E-state index in [1.165, 1.54) is 11.8 Å². The van der Waals surface area contributed by atoms with Gasteiger partial charge in [-0.05, 0) is 54.3 Å². The number of carbonyl (C=O) groups is 1. The highest BCUT2D eigenvalue weighted by molar-refractivity contribution is 8.00. The number of carbonyl (C=O) groups excluding carboxylic acids is 1. The molecule has 1 atom stereocenters. The Kier molecular flexibility index (Phi) is 7.85. The van der Waals surface area contributed by atoms with Gasteiger partial charge in [0.15, 0.2) is 0 Å². The minimum Gasteiger partial charge on any atom is -0.497 e. The molecule has 0 spiro atoms. The van der Waals surface area contributed by atoms with Crippen LogP contribution in [0.5, 0.6) is 11.5 Å². The largest absolute Gasteiger partial charge is 0.497 e. The van der Waals surface area contributed by atoms with E-state index in [1.807, 2.05) is 48.5 Å². The van der Waals surface area contributed by atoms with Crippen molar-refractivity contribution in [1.29, 1.82) is 0 Å². The van der Waals surface area contributed by atoms with Crippen LogP contribution in [0.2, 0.25) is 0 Å². The molecular weight excluding hydrogens is 346 g/mol. The van der Waals surface area contributed by atoms with Crippen LogP contribution in [0.3, 0.4) is 0 Å². The number of nitrogens with one attached hydrogen (secondary N) is 1. The summed E-state index contributed by atoms with van der Waals surface area (Å²) in [5.41, 5.74) is 1.10. The quantitative estimate of drug-likeness (QED) is 0.647. The molecule has 0 radical (unpaired) electrons. The van der Waals surface area contributed by atoms with E-state index in [0.29, 0.717) is 11.7 Å². The van der Waals surface area contributed by atoms with Gasteiger partial charge in [-0.15, -0.1) is 11.8 Å². The fraction of sp³-hybridized carbons (Fsp3) is 0.381. The fourth-order valence-corrected chi connectivity index (χ4v) is 3.35. The number of methoxy groups -OCH3 is 2. The van der Waals surface area contributed by atoms with Gasteiger partial charge < -0.3 is 14.8 Å². The molecule has 0 aliphatic heterocycles. The number of benzene rings is 2. The predicted octanol–water partition coefficient (Wildman–Crippen LogP) is 4.70. The molecule has 0 aliphatic rings. The summed E-state index contributed by atoms with van der Waals surface area (Å²) in [5, 5.41) is 3.17. The van der Waals surface area contributed by atoms with Gasteiger partial charge in [0.05, 0.1) is 26.0 Å². The second-order valence-corrected chi connectivity index (χ2v) is 7.54. The third-order valence-electron chi connectivity index (χ3n) is 3.99. The van der Waals surface area contributed by atoms with Crippen LogP contribution in [0.4, 0.5) is 0 Å². The monoisotopic (exact) mass is 373 g/mol. The SMILES string of the molecule is COc1ccc(SCC(=O)N[C@@H](CC(C)C)c2ccc(OC)cc2)cc1. The number of amides is 1. The molecule has 0 heterocycles. The maximum atomic E-state index is 12.4. The van der Waals surface area contributed by atoms with Gasteiger partial charge >= 0.3 is 0 Å². The van der Waals surface area contributed by atoms with Crippen LogP contribution in [0.25, 0.3) is 0 Å². The van der Waals surface area contributed by atoms with Crippen molar-refractivity contribution in [2.24, 2.45) is 5.92 Å². The van der Waals surface area contributed by atoms with E-state index < -0.39 is 0 Å². The van der Waals surface area contributed by atoms with Crippen LogP contribution in [0, 0.1) is 5.92 Å². The van der Waals surface area contributed by atoms with E-state index in [-0.39, 0.29) is 11.9 Å². The molecule has 140 valence electrons. The highest BCUT2D eigenvalue weighted by atomic mass is 32.2. The zero-order valence-corrected chi connectivity index (χ0v) is 16.6. The zero-order chi connectivity index (χ0) is 18.9. The van der Waals surface area contributed by atoms with Crippen LogP contribution in [0.15, 0.2) is 53.4 Å². The first-order chi connectivity index (χ1) is 12.5. The molecule has 0 unspecified atom stereocenters. The van der Waals surface area contributed by atoms with Crippen molar-refractivity contribution in [1.82, 2.24) is 5.32 Å². The van der Waals surface area contributed by atoms with Crippen LogP contribution >= 0.6 is 11.8 Å². The Morgan fingerprint density at radius 1 is 0.962 bits per heavy atom. The maximum Gasteiger partial charge on any atom is 0.230 e. The van der Waals surface area contributed by atoms with E-state index in [2.05, 4.69) is 19.2 Å². The second-order valence-electron chi connectivity index (χ2n) is 6.49. The fourth-order valence-electron chi connectivity index (χ4n) is 2.64. The van der Waals surface area contributed by atoms with Gasteiger partial charge in [0.2, 0.25) is 5.91 Å². The smallest absolute Gasteiger partial charge is 0.230 e. The molecule has 2 rings (SSSR count). The van der Waals surface area contributed by atoms with Crippen LogP contribution in [-0.4, -0.2) is 25.9 Å². The second kappa shape index (κ2) is 10.1. The van der Waals surface area contributed by atoms with Crippen molar-refractivity contribution in [3.8, 4) is 11.5 Å². The van der Waals surface area contributed by atoms with Gasteiger partial charge in [0.1, 0.15) is 11.5 Å². The summed E-state index contributed by atoms with van der Waals surface area (Å²) in [6.07, 6.45) is 0.894. The van der Waals surface area contributed by atoms with E-state index in [4.69, 9.17) is 9.47 Å². The van der Waals surface area contributed by atoms with Crippen molar-refractivity contribution in [2.45, 2.75) is 31.2 Å². The molecule has 2 aromatic rings. The number of hydrogen-bond acceptors (Lipinski definition) is 4. The van der Waals surface area contributed by atoms with Crippen molar-refractivity contribution >= 4 is 17.7 Å². The van der Waals surface area contributed by atoms with Crippen LogP contribution in [-0.2, 0) is 4.79 Å². The Morgan fingerprint density at radius 2 is 1.50 bits per heavy atom. The Hall–Kier alpha value is -2.14. The zero-order valence-electron chi connectivity index (χ0n) is 15.8. The average molecular weight is 374 g/mol. The lowest BCUT2D eigenvalue weighted by Crippen LogP contribution is -2.30. The third kappa shape index (κ3) is 6.30. The highest BCUT2D eigenvalue weighted by Crippen LogP contribution is 2.25. The van der Waals surface area contributed by atoms with E-state index >= 15 is 0 Å². The van der Waals surface area contributed by atoms with Crippen LogP contribution in [0.1, 0.15) is 31.9 Å². The molecule has 1 amide bonds. The summed E-state index contributed by atoms with van der Waals surface area (Å²) in [6.45, 7) is 4.32. The molecule has 4 nitrogen and oxygen atoms in total. The minimum atomic E-state index is 0.00451. The van der Waals surface area contributed by atoms with Gasteiger partial charge in [-0.25, -0.2) is 0 Å². The number of hydrogen-bond donors (Lipinski definition) is 1. The maximum absolute atomic E-state index is 12.4. The third-order valence-corrected chi connectivity index (χ3v) is 5.00. The van der Waals surface area contributed by atoms with Crippen molar-refractivity contribution in [2.75, 3.05) is 20.0 Å². The molecular formula is C21H27NO3S. The van der Waals surface area contributed by atoms with E-state index in [9.17, 15) is 4.79 Å². The van der Waals surface area contributed by atoms with Gasteiger partial charge in [-0.3, -0.25) is 4.79 Å². The molecule has 2 aromatic carbocycles.